The molecule has 0 radical (unpaired) electrons. The van der Waals surface area contributed by atoms with Crippen LogP contribution in [0, 0.1) is 11.8 Å². The lowest BCUT2D eigenvalue weighted by Gasteiger charge is -2.34. The molecule has 88 valence electrons. The van der Waals surface area contributed by atoms with E-state index < -0.39 is 0 Å². The topological polar surface area (TPSA) is 26.3 Å². The second kappa shape index (κ2) is 5.00. The van der Waals surface area contributed by atoms with E-state index in [0.717, 1.165) is 19.3 Å². The summed E-state index contributed by atoms with van der Waals surface area (Å²) in [4.78, 5) is 11.8. The number of carbonyl (C=O) groups is 1. The Morgan fingerprint density at radius 1 is 1.27 bits per heavy atom. The van der Waals surface area contributed by atoms with Gasteiger partial charge >= 0.3 is 5.97 Å². The van der Waals surface area contributed by atoms with Crippen molar-refractivity contribution in [2.45, 2.75) is 65.4 Å². The van der Waals surface area contributed by atoms with Crippen LogP contribution in [0.2, 0.25) is 0 Å². The van der Waals surface area contributed by atoms with Gasteiger partial charge in [0, 0.05) is 0 Å². The fourth-order valence-corrected chi connectivity index (χ4v) is 2.24. The van der Waals surface area contributed by atoms with Crippen molar-refractivity contribution in [2.75, 3.05) is 0 Å². The first-order chi connectivity index (χ1) is 7.02. The zero-order valence-electron chi connectivity index (χ0n) is 10.5. The molecule has 0 N–H and O–H groups in total. The van der Waals surface area contributed by atoms with Gasteiger partial charge in [0.05, 0.1) is 5.92 Å². The third-order valence-electron chi connectivity index (χ3n) is 3.82. The summed E-state index contributed by atoms with van der Waals surface area (Å²) in [6.07, 6.45) is 5.37. The zero-order chi connectivity index (χ0) is 11.5. The van der Waals surface area contributed by atoms with Crippen molar-refractivity contribution in [1.29, 1.82) is 0 Å². The monoisotopic (exact) mass is 212 g/mol. The van der Waals surface area contributed by atoms with Crippen LogP contribution in [0.15, 0.2) is 0 Å². The van der Waals surface area contributed by atoms with E-state index in [0.29, 0.717) is 5.92 Å². The van der Waals surface area contributed by atoms with Gasteiger partial charge in [0.1, 0.15) is 5.60 Å². The summed E-state index contributed by atoms with van der Waals surface area (Å²) in [5.74, 6) is 0.474. The number of esters is 1. The van der Waals surface area contributed by atoms with Crippen LogP contribution in [0.4, 0.5) is 0 Å². The Balaban J connectivity index is 2.63. The molecule has 15 heavy (non-hydrogen) atoms. The molecule has 1 rings (SSSR count). The smallest absolute Gasteiger partial charge is 0.309 e. The molecule has 2 nitrogen and oxygen atoms in total. The highest BCUT2D eigenvalue weighted by atomic mass is 16.6. The molecule has 0 aliphatic heterocycles. The van der Waals surface area contributed by atoms with Gasteiger partial charge in [-0.15, -0.1) is 0 Å². The Hall–Kier alpha value is -0.530. The minimum absolute atomic E-state index is 0.00639. The van der Waals surface area contributed by atoms with Gasteiger partial charge in [-0.2, -0.15) is 0 Å². The Kier molecular flexibility index (Phi) is 4.18. The van der Waals surface area contributed by atoms with E-state index in [9.17, 15) is 4.79 Å². The average molecular weight is 212 g/mol. The average Bonchev–Trinajstić information content (AvgIpc) is 2.66. The van der Waals surface area contributed by atoms with Crippen LogP contribution >= 0.6 is 0 Å². The third-order valence-corrected chi connectivity index (χ3v) is 3.82. The SMILES string of the molecule is CCC(C)C(=O)OC1(C(C)C)CCCC1. The van der Waals surface area contributed by atoms with E-state index in [4.69, 9.17) is 4.74 Å². The molecule has 1 aliphatic rings. The minimum Gasteiger partial charge on any atom is -0.459 e. The van der Waals surface area contributed by atoms with E-state index in [-0.39, 0.29) is 17.5 Å². The highest BCUT2D eigenvalue weighted by Crippen LogP contribution is 2.39. The fraction of sp³-hybridized carbons (Fsp3) is 0.923. The summed E-state index contributed by atoms with van der Waals surface area (Å²) in [5, 5.41) is 0. The number of hydrogen-bond donors (Lipinski definition) is 0. The highest BCUT2D eigenvalue weighted by Gasteiger charge is 2.41. The van der Waals surface area contributed by atoms with Gasteiger partial charge < -0.3 is 4.74 Å². The summed E-state index contributed by atoms with van der Waals surface area (Å²) in [7, 11) is 0. The van der Waals surface area contributed by atoms with E-state index >= 15 is 0 Å². The van der Waals surface area contributed by atoms with Gasteiger partial charge in [-0.05, 0) is 38.0 Å². The number of hydrogen-bond acceptors (Lipinski definition) is 2. The van der Waals surface area contributed by atoms with Gasteiger partial charge in [0.25, 0.3) is 0 Å². The van der Waals surface area contributed by atoms with Crippen molar-refractivity contribution in [3.8, 4) is 0 Å². The molecule has 0 bridgehead atoms. The van der Waals surface area contributed by atoms with Crippen molar-refractivity contribution in [1.82, 2.24) is 0 Å². The zero-order valence-corrected chi connectivity index (χ0v) is 10.5. The molecule has 0 aromatic rings. The van der Waals surface area contributed by atoms with Crippen LogP contribution in [-0.4, -0.2) is 11.6 Å². The van der Waals surface area contributed by atoms with E-state index in [1.807, 2.05) is 13.8 Å². The molecule has 0 aromatic heterocycles. The first-order valence-corrected chi connectivity index (χ1v) is 6.24. The molecule has 1 aliphatic carbocycles. The molecule has 0 spiro atoms. The Morgan fingerprint density at radius 2 is 1.80 bits per heavy atom. The van der Waals surface area contributed by atoms with Crippen molar-refractivity contribution in [3.05, 3.63) is 0 Å². The second-order valence-corrected chi connectivity index (χ2v) is 5.16. The van der Waals surface area contributed by atoms with Crippen LogP contribution in [0.25, 0.3) is 0 Å². The van der Waals surface area contributed by atoms with E-state index in [2.05, 4.69) is 13.8 Å². The predicted molar refractivity (Wildman–Crippen MR) is 61.6 cm³/mol. The second-order valence-electron chi connectivity index (χ2n) is 5.16. The van der Waals surface area contributed by atoms with E-state index in [1.165, 1.54) is 12.8 Å². The molecule has 1 atom stereocenters. The minimum atomic E-state index is -0.152. The normalized spacial score (nSPS) is 21.7. The van der Waals surface area contributed by atoms with Crippen LogP contribution in [0.3, 0.4) is 0 Å². The van der Waals surface area contributed by atoms with Crippen molar-refractivity contribution < 1.29 is 9.53 Å². The number of ether oxygens (including phenoxy) is 1. The lowest BCUT2D eigenvalue weighted by Crippen LogP contribution is -2.39. The van der Waals surface area contributed by atoms with Crippen LogP contribution in [-0.2, 0) is 9.53 Å². The number of carbonyl (C=O) groups excluding carboxylic acids is 1. The summed E-state index contributed by atoms with van der Waals surface area (Å²) in [6, 6.07) is 0. The maximum Gasteiger partial charge on any atom is 0.309 e. The molecule has 1 fully saturated rings. The lowest BCUT2D eigenvalue weighted by atomic mass is 9.88. The first kappa shape index (κ1) is 12.5. The molecule has 0 amide bonds. The van der Waals surface area contributed by atoms with Crippen LogP contribution < -0.4 is 0 Å². The highest BCUT2D eigenvalue weighted by molar-refractivity contribution is 5.72. The Labute approximate surface area is 93.4 Å². The molecule has 0 aromatic carbocycles. The van der Waals surface area contributed by atoms with Gasteiger partial charge in [-0.1, -0.05) is 27.7 Å². The van der Waals surface area contributed by atoms with Crippen molar-refractivity contribution >= 4 is 5.97 Å². The molecular weight excluding hydrogens is 188 g/mol. The molecule has 2 heteroatoms. The summed E-state index contributed by atoms with van der Waals surface area (Å²) in [5.41, 5.74) is -0.152. The van der Waals surface area contributed by atoms with Gasteiger partial charge in [0.15, 0.2) is 0 Å². The molecule has 1 saturated carbocycles. The summed E-state index contributed by atoms with van der Waals surface area (Å²) in [6.45, 7) is 8.30. The van der Waals surface area contributed by atoms with Crippen molar-refractivity contribution in [3.63, 3.8) is 0 Å². The number of rotatable bonds is 4. The van der Waals surface area contributed by atoms with Gasteiger partial charge in [-0.3, -0.25) is 4.79 Å². The Bertz CT molecular complexity index is 215. The Morgan fingerprint density at radius 3 is 2.20 bits per heavy atom. The summed E-state index contributed by atoms with van der Waals surface area (Å²) >= 11 is 0. The van der Waals surface area contributed by atoms with Gasteiger partial charge in [0.2, 0.25) is 0 Å². The lowest BCUT2D eigenvalue weighted by molar-refractivity contribution is -0.169. The van der Waals surface area contributed by atoms with Crippen LogP contribution in [0.1, 0.15) is 59.8 Å². The van der Waals surface area contributed by atoms with Crippen LogP contribution in [0.5, 0.6) is 0 Å². The maximum atomic E-state index is 11.8. The molecule has 1 unspecified atom stereocenters. The predicted octanol–water partition coefficient (Wildman–Crippen LogP) is 3.54. The van der Waals surface area contributed by atoms with Crippen molar-refractivity contribution in [2.24, 2.45) is 11.8 Å². The summed E-state index contributed by atoms with van der Waals surface area (Å²) < 4.78 is 5.77. The largest absolute Gasteiger partial charge is 0.459 e. The fourth-order valence-electron chi connectivity index (χ4n) is 2.24. The van der Waals surface area contributed by atoms with Gasteiger partial charge in [-0.25, -0.2) is 0 Å². The van der Waals surface area contributed by atoms with E-state index in [1.54, 1.807) is 0 Å². The molecule has 0 saturated heterocycles. The standard InChI is InChI=1S/C13H24O2/c1-5-11(4)12(14)15-13(10(2)3)8-6-7-9-13/h10-11H,5-9H2,1-4H3. The maximum absolute atomic E-state index is 11.8. The first-order valence-electron chi connectivity index (χ1n) is 6.24. The molecule has 0 heterocycles. The third kappa shape index (κ3) is 2.73. The quantitative estimate of drug-likeness (QED) is 0.666. The molecular formula is C13H24O2.